The van der Waals surface area contributed by atoms with E-state index in [1.54, 1.807) is 18.5 Å². The highest BCUT2D eigenvalue weighted by molar-refractivity contribution is 7.89. The number of pyridine rings is 2. The lowest BCUT2D eigenvalue weighted by Crippen LogP contribution is -2.50. The third-order valence-electron chi connectivity index (χ3n) is 12.2. The number of aromatic nitrogens is 2. The van der Waals surface area contributed by atoms with Gasteiger partial charge in [0, 0.05) is 40.7 Å². The van der Waals surface area contributed by atoms with Gasteiger partial charge in [0.15, 0.2) is 0 Å². The maximum atomic E-state index is 14.0. The van der Waals surface area contributed by atoms with Gasteiger partial charge in [-0.2, -0.15) is 10.5 Å². The van der Waals surface area contributed by atoms with Crippen molar-refractivity contribution in [3.63, 3.8) is 0 Å². The Bertz CT molecular complexity index is 2160. The molecule has 0 saturated heterocycles. The zero-order valence-electron chi connectivity index (χ0n) is 31.8. The van der Waals surface area contributed by atoms with Crippen LogP contribution in [0.4, 0.5) is 0 Å². The Hall–Kier alpha value is -4.89. The number of hydrogen-bond acceptors (Lipinski definition) is 6. The Labute approximate surface area is 322 Å². The van der Waals surface area contributed by atoms with E-state index in [-0.39, 0.29) is 35.5 Å². The topological polar surface area (TPSA) is 120 Å². The lowest BCUT2D eigenvalue weighted by molar-refractivity contribution is 0.127. The van der Waals surface area contributed by atoms with E-state index in [1.165, 1.54) is 0 Å². The number of nitrogens with one attached hydrogen (secondary N) is 1. The first-order chi connectivity index (χ1) is 26.0. The molecular weight excluding hydrogens is 687 g/mol. The SMILES string of the molecule is CC1C(NS(=O)(=O)C[C@H]2[CH]C[C@H](C)[C@@H](C)[C@@H]2/C=C/c2ccc(-c3ccccc3C#N)cn2)C[C@H](C)[C@@H](C)[C@@H]1/C=C/c1ccc(-c2ccccc2C#N)cn1. The predicted molar refractivity (Wildman–Crippen MR) is 217 cm³/mol. The van der Waals surface area contributed by atoms with Gasteiger partial charge in [0.1, 0.15) is 0 Å². The third kappa shape index (κ3) is 8.90. The minimum absolute atomic E-state index is 0.0508. The number of rotatable bonds is 10. The Balaban J connectivity index is 1.13. The summed E-state index contributed by atoms with van der Waals surface area (Å²) in [6, 6.07) is 27.3. The molecule has 7 nitrogen and oxygen atoms in total. The zero-order valence-corrected chi connectivity index (χ0v) is 32.6. The quantitative estimate of drug-likeness (QED) is 0.173. The normalized spacial score (nSPS) is 27.4. The molecule has 9 atom stereocenters. The molecular formula is C46H50N5O2S. The van der Waals surface area contributed by atoms with E-state index in [0.717, 1.165) is 46.5 Å². The Morgan fingerprint density at radius 1 is 0.704 bits per heavy atom. The first kappa shape index (κ1) is 38.8. The molecule has 2 aliphatic rings. The molecule has 0 aliphatic heterocycles. The summed E-state index contributed by atoms with van der Waals surface area (Å²) in [4.78, 5) is 9.34. The number of nitrogens with zero attached hydrogens (tertiary/aromatic N) is 4. The Morgan fingerprint density at radius 2 is 1.22 bits per heavy atom. The standard InChI is InChI=1S/C46H50N5O2S/c1-30-14-15-39(43(32(30)3)23-21-41-19-17-38(28-50-41)45-13-9-7-11-36(45)26-48)29-54(52,53)51-46-24-31(2)33(4)42(34(46)5)22-20-40-18-16-37(27-49-40)44-12-8-6-10-35(44)25-47/h6-13,15-23,27-28,30-34,39,42-43,46,51H,14,24,29H2,1-5H3/b22-20+,23-21+/t30-,31-,32+,33+,34?,39+,42-,43-,46?/m0/s1. The summed E-state index contributed by atoms with van der Waals surface area (Å²) in [7, 11) is -3.60. The lowest BCUT2D eigenvalue weighted by atomic mass is 9.66. The first-order valence-electron chi connectivity index (χ1n) is 19.1. The molecule has 2 heterocycles. The average Bonchev–Trinajstić information content (AvgIpc) is 3.18. The van der Waals surface area contributed by atoms with Gasteiger partial charge >= 0.3 is 0 Å². The van der Waals surface area contributed by atoms with Crippen molar-refractivity contribution in [2.75, 3.05) is 5.75 Å². The second kappa shape index (κ2) is 17.1. The van der Waals surface area contributed by atoms with Crippen LogP contribution in [-0.4, -0.2) is 30.2 Å². The number of sulfonamides is 1. The molecule has 2 aromatic heterocycles. The summed E-state index contributed by atoms with van der Waals surface area (Å²) in [6.07, 6.45) is 15.9. The fourth-order valence-corrected chi connectivity index (χ4v) is 10.2. The molecule has 2 fully saturated rings. The molecule has 0 amide bonds. The van der Waals surface area contributed by atoms with Crippen LogP contribution >= 0.6 is 0 Å². The molecule has 277 valence electrons. The maximum Gasteiger partial charge on any atom is 0.212 e. The number of allylic oxidation sites excluding steroid dienone is 2. The van der Waals surface area contributed by atoms with Crippen LogP contribution in [0.15, 0.2) is 97.3 Å². The van der Waals surface area contributed by atoms with E-state index in [1.807, 2.05) is 78.9 Å². The van der Waals surface area contributed by atoms with Crippen LogP contribution < -0.4 is 4.72 Å². The van der Waals surface area contributed by atoms with E-state index < -0.39 is 10.0 Å². The molecule has 2 aromatic carbocycles. The largest absolute Gasteiger partial charge is 0.256 e. The van der Waals surface area contributed by atoms with Crippen LogP contribution in [0, 0.1) is 76.4 Å². The summed E-state index contributed by atoms with van der Waals surface area (Å²) in [5.74, 6) is 1.73. The van der Waals surface area contributed by atoms with Crippen LogP contribution in [0.3, 0.4) is 0 Å². The molecule has 2 aliphatic carbocycles. The average molecular weight is 737 g/mol. The van der Waals surface area contributed by atoms with E-state index in [0.29, 0.717) is 34.8 Å². The molecule has 1 radical (unpaired) electrons. The predicted octanol–water partition coefficient (Wildman–Crippen LogP) is 9.61. The molecule has 6 rings (SSSR count). The maximum absolute atomic E-state index is 14.0. The molecule has 0 bridgehead atoms. The molecule has 8 heteroatoms. The molecule has 4 aromatic rings. The van der Waals surface area contributed by atoms with Crippen molar-refractivity contribution < 1.29 is 8.42 Å². The minimum atomic E-state index is -3.60. The summed E-state index contributed by atoms with van der Waals surface area (Å²) in [6.45, 7) is 11.1. The molecule has 54 heavy (non-hydrogen) atoms. The Kier molecular flexibility index (Phi) is 12.3. The highest BCUT2D eigenvalue weighted by Gasteiger charge is 2.41. The van der Waals surface area contributed by atoms with Crippen molar-refractivity contribution in [1.29, 1.82) is 10.5 Å². The van der Waals surface area contributed by atoms with Crippen LogP contribution in [0.25, 0.3) is 34.4 Å². The van der Waals surface area contributed by atoms with Crippen LogP contribution in [0.5, 0.6) is 0 Å². The molecule has 2 unspecified atom stereocenters. The minimum Gasteiger partial charge on any atom is -0.256 e. The summed E-state index contributed by atoms with van der Waals surface area (Å²) in [5, 5.41) is 19.0. The molecule has 2 saturated carbocycles. The Morgan fingerprint density at radius 3 is 1.74 bits per heavy atom. The highest BCUT2D eigenvalue weighted by Crippen LogP contribution is 2.42. The fraction of sp³-hybridized carbons (Fsp3) is 0.370. The second-order valence-electron chi connectivity index (χ2n) is 15.5. The third-order valence-corrected chi connectivity index (χ3v) is 13.7. The van der Waals surface area contributed by atoms with Gasteiger partial charge in [-0.05, 0) is 103 Å². The van der Waals surface area contributed by atoms with Crippen molar-refractivity contribution in [1.82, 2.24) is 14.7 Å². The fourth-order valence-electron chi connectivity index (χ4n) is 8.43. The van der Waals surface area contributed by atoms with E-state index >= 15 is 0 Å². The first-order valence-corrected chi connectivity index (χ1v) is 20.7. The molecule has 0 spiro atoms. The monoisotopic (exact) mass is 736 g/mol. The van der Waals surface area contributed by atoms with Crippen molar-refractivity contribution in [2.45, 2.75) is 53.5 Å². The van der Waals surface area contributed by atoms with Gasteiger partial charge in [0.2, 0.25) is 10.0 Å². The van der Waals surface area contributed by atoms with Crippen LogP contribution in [0.2, 0.25) is 0 Å². The van der Waals surface area contributed by atoms with Crippen molar-refractivity contribution in [3.05, 3.63) is 126 Å². The van der Waals surface area contributed by atoms with Gasteiger partial charge in [-0.1, -0.05) is 95.3 Å². The summed E-state index contributed by atoms with van der Waals surface area (Å²) < 4.78 is 31.1. The van der Waals surface area contributed by atoms with Gasteiger partial charge in [-0.25, -0.2) is 13.1 Å². The van der Waals surface area contributed by atoms with Gasteiger partial charge in [0.25, 0.3) is 0 Å². The second-order valence-corrected chi connectivity index (χ2v) is 17.3. The van der Waals surface area contributed by atoms with E-state index in [2.05, 4.69) is 80.0 Å². The molecule has 1 N–H and O–H groups in total. The van der Waals surface area contributed by atoms with Crippen molar-refractivity contribution in [2.24, 2.45) is 47.3 Å². The van der Waals surface area contributed by atoms with Crippen molar-refractivity contribution >= 4 is 22.2 Å². The highest BCUT2D eigenvalue weighted by atomic mass is 32.2. The number of nitriles is 2. The summed E-state index contributed by atoms with van der Waals surface area (Å²) >= 11 is 0. The lowest BCUT2D eigenvalue weighted by Gasteiger charge is -2.43. The van der Waals surface area contributed by atoms with Gasteiger partial charge in [-0.15, -0.1) is 0 Å². The van der Waals surface area contributed by atoms with Crippen LogP contribution in [0.1, 0.15) is 70.0 Å². The van der Waals surface area contributed by atoms with Gasteiger partial charge in [0.05, 0.1) is 40.4 Å². The van der Waals surface area contributed by atoms with Crippen LogP contribution in [-0.2, 0) is 10.0 Å². The number of benzene rings is 2. The summed E-state index contributed by atoms with van der Waals surface area (Å²) in [5.41, 5.74) is 6.35. The smallest absolute Gasteiger partial charge is 0.212 e. The van der Waals surface area contributed by atoms with E-state index in [9.17, 15) is 18.9 Å². The van der Waals surface area contributed by atoms with Gasteiger partial charge in [-0.3, -0.25) is 9.97 Å². The zero-order chi connectivity index (χ0) is 38.4. The number of hydrogen-bond donors (Lipinski definition) is 1. The van der Waals surface area contributed by atoms with E-state index in [4.69, 9.17) is 0 Å². The van der Waals surface area contributed by atoms with Gasteiger partial charge < -0.3 is 0 Å². The van der Waals surface area contributed by atoms with Crippen molar-refractivity contribution in [3.8, 4) is 34.4 Å².